The minimum atomic E-state index is -0.535. The molecule has 0 saturated heterocycles. The molecule has 138 heavy (non-hydrogen) atoms. The molecule has 0 N–H and O–H groups in total. The van der Waals surface area contributed by atoms with Gasteiger partial charge >= 0.3 is 0 Å². The molecule has 12 heterocycles. The molecule has 0 saturated carbocycles. The van der Waals surface area contributed by atoms with E-state index < -0.39 is 5.82 Å². The predicted octanol–water partition coefficient (Wildman–Crippen LogP) is 26.1. The van der Waals surface area contributed by atoms with Crippen LogP contribution in [0.5, 0.6) is 23.0 Å². The second-order valence-electron chi connectivity index (χ2n) is 32.8. The zero-order valence-electron chi connectivity index (χ0n) is 74.7. The number of hydrogen-bond acceptors (Lipinski definition) is 18. The van der Waals surface area contributed by atoms with Crippen LogP contribution in [0.4, 0.5) is 8.78 Å². The standard InChI is InChI=1S/C20H12FN3.3C20H13N3.C19H14FNO2.C19H15NO2/c21-19-9-14(4-5-15(19)10-22)20-18(2-1-7-24-20)13-3-6-16-11-23-12-17(16)8-13;21-11-14-3-1-4-16(9-14)20-19(5-2-8-23-20)15-6-7-17-12-22-13-18(17)10-15;21-11-14-3-5-15(6-4-14)20-19(2-1-9-23-20)16-7-8-17-12-22-13-18(17)10-16;21-11-15-4-1-2-5-19(15)20-18(6-3-9-23-20)14-7-8-16-12-22-13-17(16)10-14;1-12-4-6-16(20)15(9-12)19-14(3-2-8-21-19)13-5-7-17-18(10-13)23-11-22-17;1-13-4-2-5-15(10-13)19-16(6-3-9-20-19)14-7-8-17-18(11-14)22-12-21-17/h1-9,12H,11H2;3*1-10,13H,12H2;2-10H,11H2,1H3;2-11H,12H2,1H3. The highest BCUT2D eigenvalue weighted by atomic mass is 19.1. The van der Waals surface area contributed by atoms with E-state index in [0.717, 1.165) is 172 Å². The van der Waals surface area contributed by atoms with E-state index in [1.165, 1.54) is 57.1 Å². The fraction of sp³-hybridized carbons (Fsp3) is 0.0678. The van der Waals surface area contributed by atoms with Gasteiger partial charge in [0.15, 0.2) is 23.0 Å². The lowest BCUT2D eigenvalue weighted by molar-refractivity contribution is 0.173. The first-order chi connectivity index (χ1) is 67.8. The molecule has 0 atom stereocenters. The fourth-order valence-corrected chi connectivity index (χ4v) is 17.0. The number of aliphatic imine (C=N–C) groups is 4. The van der Waals surface area contributed by atoms with Gasteiger partial charge in [-0.2, -0.15) is 21.0 Å². The number of fused-ring (bicyclic) bond motifs is 6. The number of nitrogens with zero attached hydrogens (tertiary/aromatic N) is 14. The molecule has 0 spiro atoms. The largest absolute Gasteiger partial charge is 0.454 e. The van der Waals surface area contributed by atoms with Crippen LogP contribution in [0.2, 0.25) is 0 Å². The van der Waals surface area contributed by atoms with Crippen molar-refractivity contribution in [1.29, 1.82) is 21.0 Å². The SMILES string of the molecule is Cc1ccc(F)c(-c2ncccc2-c2ccc3c(c2)OCO3)c1.Cc1cccc(-c2ncccc2-c2ccc3c(c2)OCO3)c1.N#Cc1ccc(-c2ncccc2-c2ccc3c(c2)C=NC3)cc1.N#Cc1ccc(-c2ncccc2-c2ccc3c(c2)C=NC3)cc1F.N#Cc1cccc(-c2ncccc2-c2ccc3c(c2)C=NC3)c1.N#Cc1ccccc1-c1ncccc1-c1ccc2c(c1)C=NC2. The van der Waals surface area contributed by atoms with Crippen molar-refractivity contribution in [3.63, 3.8) is 0 Å². The zero-order valence-corrected chi connectivity index (χ0v) is 74.7. The maximum atomic E-state index is 14.3. The molecule has 18 aromatic rings. The summed E-state index contributed by atoms with van der Waals surface area (Å²) in [7, 11) is 0. The van der Waals surface area contributed by atoms with Crippen LogP contribution in [-0.4, -0.2) is 68.3 Å². The molecule has 0 unspecified atom stereocenters. The molecule has 6 aliphatic rings. The first kappa shape index (κ1) is 88.5. The predicted molar refractivity (Wildman–Crippen MR) is 536 cm³/mol. The summed E-state index contributed by atoms with van der Waals surface area (Å²) in [6.45, 7) is 7.55. The lowest BCUT2D eigenvalue weighted by atomic mass is 9.95. The highest BCUT2D eigenvalue weighted by molar-refractivity contribution is 5.94. The summed E-state index contributed by atoms with van der Waals surface area (Å²) in [5.41, 5.74) is 36.1. The van der Waals surface area contributed by atoms with Gasteiger partial charge in [-0.1, -0.05) is 181 Å². The third-order valence-electron chi connectivity index (χ3n) is 23.9. The van der Waals surface area contributed by atoms with E-state index in [4.69, 9.17) is 34.7 Å². The topological polar surface area (TPSA) is 259 Å². The van der Waals surface area contributed by atoms with E-state index in [1.54, 1.807) is 49.2 Å². The molecule has 0 amide bonds. The molecule has 0 bridgehead atoms. The number of aryl methyl sites for hydroxylation is 2. The summed E-state index contributed by atoms with van der Waals surface area (Å²) in [6.07, 6.45) is 18.2. The van der Waals surface area contributed by atoms with Crippen LogP contribution in [-0.2, 0) is 26.2 Å². The molecule has 20 heteroatoms. The van der Waals surface area contributed by atoms with Crippen molar-refractivity contribution in [1.82, 2.24) is 29.9 Å². The number of hydrogen-bond donors (Lipinski definition) is 0. The molecular formula is C118H80F2N14O4. The second-order valence-corrected chi connectivity index (χ2v) is 32.8. The Morgan fingerprint density at radius 2 is 0.594 bits per heavy atom. The van der Waals surface area contributed by atoms with E-state index in [1.807, 2.05) is 214 Å². The molecular weight excluding hydrogens is 1720 g/mol. The number of aromatic nitrogens is 6. The Morgan fingerprint density at radius 3 is 1.03 bits per heavy atom. The van der Waals surface area contributed by atoms with Crippen molar-refractivity contribution in [2.75, 3.05) is 13.6 Å². The average molecular weight is 1800 g/mol. The Balaban J connectivity index is 0.000000106. The molecule has 660 valence electrons. The number of pyridine rings is 6. The third-order valence-corrected chi connectivity index (χ3v) is 23.9. The lowest BCUT2D eigenvalue weighted by Crippen LogP contribution is -1.93. The van der Waals surface area contributed by atoms with Crippen molar-refractivity contribution in [3.8, 4) is 182 Å². The number of rotatable bonds is 12. The molecule has 0 fully saturated rings. The fourth-order valence-electron chi connectivity index (χ4n) is 17.0. The summed E-state index contributed by atoms with van der Waals surface area (Å²) in [5, 5.41) is 36.3. The second kappa shape index (κ2) is 40.9. The zero-order chi connectivity index (χ0) is 94.2. The van der Waals surface area contributed by atoms with Gasteiger partial charge in [0.1, 0.15) is 17.7 Å². The van der Waals surface area contributed by atoms with Crippen molar-refractivity contribution in [2.24, 2.45) is 20.0 Å². The van der Waals surface area contributed by atoms with Gasteiger partial charge in [-0.15, -0.1) is 0 Å². The van der Waals surface area contributed by atoms with Gasteiger partial charge in [0.25, 0.3) is 0 Å². The Bertz CT molecular complexity index is 8060. The van der Waals surface area contributed by atoms with Crippen LogP contribution in [0, 0.1) is 70.8 Å². The van der Waals surface area contributed by atoms with Gasteiger partial charge in [0, 0.05) is 129 Å². The van der Waals surface area contributed by atoms with E-state index in [2.05, 4.69) is 184 Å². The highest BCUT2D eigenvalue weighted by Crippen LogP contribution is 2.44. The van der Waals surface area contributed by atoms with Crippen molar-refractivity contribution in [3.05, 3.63) is 442 Å². The molecule has 0 radical (unpaired) electrons. The van der Waals surface area contributed by atoms with E-state index in [-0.39, 0.29) is 25.0 Å². The molecule has 18 nitrogen and oxygen atoms in total. The maximum absolute atomic E-state index is 14.3. The van der Waals surface area contributed by atoms with Gasteiger partial charge in [-0.3, -0.25) is 49.9 Å². The van der Waals surface area contributed by atoms with Crippen LogP contribution in [0.3, 0.4) is 0 Å². The first-order valence-electron chi connectivity index (χ1n) is 44.4. The van der Waals surface area contributed by atoms with Gasteiger partial charge in [-0.25, -0.2) is 8.78 Å². The Kier molecular flexibility index (Phi) is 26.3. The maximum Gasteiger partial charge on any atom is 0.231 e. The van der Waals surface area contributed by atoms with E-state index in [9.17, 15) is 14.0 Å². The van der Waals surface area contributed by atoms with E-state index >= 15 is 0 Å². The van der Waals surface area contributed by atoms with Gasteiger partial charge in [0.2, 0.25) is 13.6 Å². The van der Waals surface area contributed by atoms with Crippen LogP contribution in [0.25, 0.3) is 134 Å². The molecule has 24 rings (SSSR count). The third kappa shape index (κ3) is 19.6. The summed E-state index contributed by atoms with van der Waals surface area (Å²) >= 11 is 0. The summed E-state index contributed by atoms with van der Waals surface area (Å²) in [6, 6.07) is 110. The monoisotopic (exact) mass is 1790 g/mol. The van der Waals surface area contributed by atoms with Crippen molar-refractivity contribution >= 4 is 24.9 Å². The van der Waals surface area contributed by atoms with Crippen LogP contribution < -0.4 is 18.9 Å². The highest BCUT2D eigenvalue weighted by Gasteiger charge is 2.24. The molecule has 6 aromatic heterocycles. The minimum Gasteiger partial charge on any atom is -0.454 e. The van der Waals surface area contributed by atoms with Gasteiger partial charge < -0.3 is 18.9 Å². The van der Waals surface area contributed by atoms with E-state index in [0.29, 0.717) is 45.0 Å². The summed E-state index contributed by atoms with van der Waals surface area (Å²) < 4.78 is 49.9. The minimum absolute atomic E-state index is 0.0324. The summed E-state index contributed by atoms with van der Waals surface area (Å²) in [5.74, 6) is 2.19. The van der Waals surface area contributed by atoms with Crippen LogP contribution >= 0.6 is 0 Å². The quantitative estimate of drug-likeness (QED) is 0.110. The Labute approximate surface area is 795 Å². The molecule has 12 aromatic carbocycles. The lowest BCUT2D eigenvalue weighted by Gasteiger charge is -2.11. The normalized spacial score (nSPS) is 12.1. The molecule has 6 aliphatic heterocycles. The van der Waals surface area contributed by atoms with Crippen molar-refractivity contribution < 1.29 is 27.7 Å². The first-order valence-corrected chi connectivity index (χ1v) is 44.4. The number of nitriles is 4. The number of benzene rings is 12. The smallest absolute Gasteiger partial charge is 0.231 e. The Hall–Kier alpha value is -18.8. The number of halogens is 2. The Morgan fingerprint density at radius 1 is 0.239 bits per heavy atom. The van der Waals surface area contributed by atoms with Gasteiger partial charge in [-0.05, 0) is 237 Å². The number of ether oxygens (including phenoxy) is 4. The van der Waals surface area contributed by atoms with Crippen molar-refractivity contribution in [2.45, 2.75) is 40.0 Å². The average Bonchev–Trinajstić information content (AvgIpc) is 1.25. The van der Waals surface area contributed by atoms with Crippen LogP contribution in [0.1, 0.15) is 77.9 Å². The molecule has 0 aliphatic carbocycles. The van der Waals surface area contributed by atoms with Gasteiger partial charge in [0.05, 0.1) is 101 Å². The summed E-state index contributed by atoms with van der Waals surface area (Å²) in [4.78, 5) is 44.3. The van der Waals surface area contributed by atoms with Crippen LogP contribution in [0.15, 0.2) is 373 Å².